The second-order valence-corrected chi connectivity index (χ2v) is 9.35. The summed E-state index contributed by atoms with van der Waals surface area (Å²) in [6, 6.07) is 0. The Hall–Kier alpha value is -0.670. The number of aliphatic hydroxyl groups excluding tert-OH is 1. The number of rotatable bonds is 1. The molecule has 0 bridgehead atoms. The molecular formula is C20H32O3. The van der Waals surface area contributed by atoms with Crippen LogP contribution < -0.4 is 0 Å². The first kappa shape index (κ1) is 17.2. The Labute approximate surface area is 140 Å². The van der Waals surface area contributed by atoms with Gasteiger partial charge in [0.25, 0.3) is 0 Å². The van der Waals surface area contributed by atoms with Crippen LogP contribution >= 0.6 is 0 Å². The molecular weight excluding hydrogens is 288 g/mol. The molecule has 2 aliphatic carbocycles. The topological polar surface area (TPSA) is 46.5 Å². The number of carbonyl (C=O) groups is 1. The summed E-state index contributed by atoms with van der Waals surface area (Å²) in [7, 11) is 0. The maximum Gasteiger partial charge on any atom is 0.138 e. The number of ketones is 1. The second-order valence-electron chi connectivity index (χ2n) is 9.35. The van der Waals surface area contributed by atoms with E-state index < -0.39 is 11.7 Å². The van der Waals surface area contributed by atoms with Crippen LogP contribution in [-0.4, -0.2) is 28.2 Å². The van der Waals surface area contributed by atoms with Gasteiger partial charge in [-0.25, -0.2) is 0 Å². The minimum absolute atomic E-state index is 0.0495. The van der Waals surface area contributed by atoms with Crippen LogP contribution in [0.1, 0.15) is 66.7 Å². The zero-order chi connectivity index (χ0) is 17.3. The molecule has 0 unspecified atom stereocenters. The van der Waals surface area contributed by atoms with Crippen LogP contribution in [-0.2, 0) is 9.53 Å². The number of hydrogen-bond acceptors (Lipinski definition) is 3. The summed E-state index contributed by atoms with van der Waals surface area (Å²) in [6.45, 7) is 14.6. The zero-order valence-electron chi connectivity index (χ0n) is 15.3. The smallest absolute Gasteiger partial charge is 0.138 e. The van der Waals surface area contributed by atoms with E-state index in [1.165, 1.54) is 0 Å². The molecule has 2 saturated carbocycles. The first-order valence-corrected chi connectivity index (χ1v) is 9.05. The van der Waals surface area contributed by atoms with Gasteiger partial charge in [-0.3, -0.25) is 4.79 Å². The molecule has 0 aromatic heterocycles. The molecule has 1 aliphatic heterocycles. The van der Waals surface area contributed by atoms with Gasteiger partial charge in [0.05, 0.1) is 11.7 Å². The van der Waals surface area contributed by atoms with Gasteiger partial charge in [0.1, 0.15) is 11.4 Å². The van der Waals surface area contributed by atoms with Gasteiger partial charge in [0.2, 0.25) is 0 Å². The molecule has 1 heterocycles. The predicted molar refractivity (Wildman–Crippen MR) is 91.1 cm³/mol. The maximum absolute atomic E-state index is 12.5. The SMILES string of the molecule is C=C[C@]1(C)O[C@@]2(C)CC[C@@H]3C(C)(C)C(=O)CC[C@@]3(C)[C@@H]2C[C@H]1O. The number of aliphatic hydroxyl groups is 1. The third-order valence-electron chi connectivity index (χ3n) is 7.72. The van der Waals surface area contributed by atoms with Gasteiger partial charge in [-0.15, -0.1) is 6.58 Å². The molecule has 3 rings (SSSR count). The standard InChI is InChI=1S/C20H32O3/c1-7-19(5)16(22)12-14-18(4)10-9-15(21)17(2,3)13(18)8-11-20(14,6)23-19/h7,13-14,16,22H,1,8-12H2,2-6H3/t13-,14+,16-,18-,19+,20+/m1/s1. The summed E-state index contributed by atoms with van der Waals surface area (Å²) < 4.78 is 6.48. The molecule has 0 aromatic rings. The van der Waals surface area contributed by atoms with Crippen molar-refractivity contribution in [3.05, 3.63) is 12.7 Å². The fourth-order valence-electron chi connectivity index (χ4n) is 6.15. The van der Waals surface area contributed by atoms with Crippen LogP contribution in [0, 0.1) is 22.7 Å². The summed E-state index contributed by atoms with van der Waals surface area (Å²) in [5.41, 5.74) is -1.13. The summed E-state index contributed by atoms with van der Waals surface area (Å²) in [4.78, 5) is 12.5. The minimum atomic E-state index is -0.672. The van der Waals surface area contributed by atoms with Crippen molar-refractivity contribution in [1.82, 2.24) is 0 Å². The Morgan fingerprint density at radius 3 is 2.43 bits per heavy atom. The molecule has 1 saturated heterocycles. The zero-order valence-corrected chi connectivity index (χ0v) is 15.3. The lowest BCUT2D eigenvalue weighted by Gasteiger charge is -2.65. The number of carbonyl (C=O) groups excluding carboxylic acids is 1. The average molecular weight is 320 g/mol. The molecule has 0 radical (unpaired) electrons. The van der Waals surface area contributed by atoms with E-state index in [4.69, 9.17) is 4.74 Å². The predicted octanol–water partition coefficient (Wildman–Crippen LogP) is 3.89. The van der Waals surface area contributed by atoms with Crippen molar-refractivity contribution in [1.29, 1.82) is 0 Å². The monoisotopic (exact) mass is 320 g/mol. The first-order chi connectivity index (χ1) is 10.5. The molecule has 3 heteroatoms. The van der Waals surface area contributed by atoms with Crippen molar-refractivity contribution in [3.63, 3.8) is 0 Å². The lowest BCUT2D eigenvalue weighted by Crippen LogP contribution is -2.66. The van der Waals surface area contributed by atoms with Crippen LogP contribution in [0.4, 0.5) is 0 Å². The van der Waals surface area contributed by atoms with Crippen LogP contribution in [0.2, 0.25) is 0 Å². The summed E-state index contributed by atoms with van der Waals surface area (Å²) >= 11 is 0. The van der Waals surface area contributed by atoms with E-state index in [9.17, 15) is 9.90 Å². The highest BCUT2D eigenvalue weighted by molar-refractivity contribution is 5.85. The average Bonchev–Trinajstić information content (AvgIpc) is 2.46. The number of ether oxygens (including phenoxy) is 1. The molecule has 0 amide bonds. The van der Waals surface area contributed by atoms with Crippen LogP contribution in [0.15, 0.2) is 12.7 Å². The van der Waals surface area contributed by atoms with Crippen molar-refractivity contribution in [3.8, 4) is 0 Å². The minimum Gasteiger partial charge on any atom is -0.390 e. The molecule has 0 spiro atoms. The Morgan fingerprint density at radius 2 is 1.83 bits per heavy atom. The third-order valence-corrected chi connectivity index (χ3v) is 7.72. The van der Waals surface area contributed by atoms with Crippen LogP contribution in [0.25, 0.3) is 0 Å². The van der Waals surface area contributed by atoms with E-state index in [1.807, 2.05) is 6.92 Å². The van der Waals surface area contributed by atoms with E-state index in [-0.39, 0.29) is 22.3 Å². The normalized spacial score (nSPS) is 52.4. The van der Waals surface area contributed by atoms with Gasteiger partial charge < -0.3 is 9.84 Å². The summed E-state index contributed by atoms with van der Waals surface area (Å²) in [5.74, 6) is 1.05. The maximum atomic E-state index is 12.5. The van der Waals surface area contributed by atoms with Crippen LogP contribution in [0.5, 0.6) is 0 Å². The highest BCUT2D eigenvalue weighted by Gasteiger charge is 2.64. The second kappa shape index (κ2) is 4.92. The van der Waals surface area contributed by atoms with E-state index in [0.717, 1.165) is 25.7 Å². The number of hydrogen-bond donors (Lipinski definition) is 1. The molecule has 3 fully saturated rings. The molecule has 3 aliphatic rings. The van der Waals surface area contributed by atoms with Gasteiger partial charge in [0, 0.05) is 11.8 Å². The highest BCUT2D eigenvalue weighted by atomic mass is 16.5. The Bertz CT molecular complexity index is 539. The number of fused-ring (bicyclic) bond motifs is 3. The first-order valence-electron chi connectivity index (χ1n) is 9.05. The van der Waals surface area contributed by atoms with E-state index in [1.54, 1.807) is 6.08 Å². The fraction of sp³-hybridized carbons (Fsp3) is 0.850. The van der Waals surface area contributed by atoms with E-state index in [0.29, 0.717) is 18.1 Å². The van der Waals surface area contributed by atoms with Gasteiger partial charge in [-0.05, 0) is 56.8 Å². The van der Waals surface area contributed by atoms with Gasteiger partial charge in [0.15, 0.2) is 0 Å². The van der Waals surface area contributed by atoms with E-state index >= 15 is 0 Å². The molecule has 130 valence electrons. The van der Waals surface area contributed by atoms with E-state index in [2.05, 4.69) is 34.3 Å². The van der Waals surface area contributed by atoms with Gasteiger partial charge in [-0.2, -0.15) is 0 Å². The Morgan fingerprint density at radius 1 is 1.17 bits per heavy atom. The molecule has 3 nitrogen and oxygen atoms in total. The third kappa shape index (κ3) is 2.19. The van der Waals surface area contributed by atoms with Crippen molar-refractivity contribution in [2.24, 2.45) is 22.7 Å². The fourth-order valence-corrected chi connectivity index (χ4v) is 6.15. The van der Waals surface area contributed by atoms with Crippen molar-refractivity contribution < 1.29 is 14.6 Å². The van der Waals surface area contributed by atoms with Crippen molar-refractivity contribution in [2.45, 2.75) is 84.0 Å². The molecule has 23 heavy (non-hydrogen) atoms. The largest absolute Gasteiger partial charge is 0.390 e. The Balaban J connectivity index is 2.01. The van der Waals surface area contributed by atoms with Crippen molar-refractivity contribution in [2.75, 3.05) is 0 Å². The quantitative estimate of drug-likeness (QED) is 0.746. The molecule has 0 aromatic carbocycles. The van der Waals surface area contributed by atoms with Gasteiger partial charge in [-0.1, -0.05) is 26.8 Å². The lowest BCUT2D eigenvalue weighted by atomic mass is 9.44. The lowest BCUT2D eigenvalue weighted by molar-refractivity contribution is -0.279. The summed E-state index contributed by atoms with van der Waals surface area (Å²) in [6.07, 6.45) is 5.49. The van der Waals surface area contributed by atoms with Crippen molar-refractivity contribution >= 4 is 5.78 Å². The summed E-state index contributed by atoms with van der Waals surface area (Å²) in [5, 5.41) is 10.7. The highest BCUT2D eigenvalue weighted by Crippen LogP contribution is 2.64. The van der Waals surface area contributed by atoms with Crippen LogP contribution in [0.3, 0.4) is 0 Å². The number of Topliss-reactive ketones (excluding diaryl/α,β-unsaturated/α-hetero) is 1. The molecule has 1 N–H and O–H groups in total. The molecule has 6 atom stereocenters. The Kier molecular flexibility index (Phi) is 3.67. The van der Waals surface area contributed by atoms with Gasteiger partial charge >= 0.3 is 0 Å².